The minimum Gasteiger partial charge on any atom is -0.489 e. The highest BCUT2D eigenvalue weighted by Crippen LogP contribution is 2.23. The molecule has 0 unspecified atom stereocenters. The number of amidine groups is 1. The summed E-state index contributed by atoms with van der Waals surface area (Å²) < 4.78 is 5.83. The van der Waals surface area contributed by atoms with Crippen LogP contribution in [0.25, 0.3) is 0 Å². The van der Waals surface area contributed by atoms with Gasteiger partial charge >= 0.3 is 0 Å². The number of rotatable bonds is 4. The fourth-order valence-electron chi connectivity index (χ4n) is 2.26. The molecule has 114 valence electrons. The normalized spacial score (nSPS) is 14.2. The first-order valence-corrected chi connectivity index (χ1v) is 7.93. The summed E-state index contributed by atoms with van der Waals surface area (Å²) in [5.41, 5.74) is 1.95. The van der Waals surface area contributed by atoms with Gasteiger partial charge in [-0.2, -0.15) is 0 Å². The molecule has 3 rings (SSSR count). The second-order valence-corrected chi connectivity index (χ2v) is 5.91. The zero-order valence-electron chi connectivity index (χ0n) is 12.0. The van der Waals surface area contributed by atoms with E-state index in [2.05, 4.69) is 10.3 Å². The van der Waals surface area contributed by atoms with Crippen LogP contribution in [0.15, 0.2) is 47.5 Å². The van der Waals surface area contributed by atoms with Gasteiger partial charge < -0.3 is 10.1 Å². The summed E-state index contributed by atoms with van der Waals surface area (Å²) in [5.74, 6) is 1.72. The molecule has 5 heteroatoms. The van der Waals surface area contributed by atoms with Gasteiger partial charge in [0, 0.05) is 34.3 Å². The Labute approximate surface area is 139 Å². The molecular weight excluding hydrogens is 319 g/mol. The highest BCUT2D eigenvalue weighted by molar-refractivity contribution is 6.35. The highest BCUT2D eigenvalue weighted by Gasteiger charge is 2.08. The van der Waals surface area contributed by atoms with Crippen molar-refractivity contribution in [2.24, 2.45) is 4.99 Å². The third kappa shape index (κ3) is 3.73. The van der Waals surface area contributed by atoms with Crippen LogP contribution in [0, 0.1) is 0 Å². The van der Waals surface area contributed by atoms with Crippen LogP contribution in [0.2, 0.25) is 10.0 Å². The van der Waals surface area contributed by atoms with Crippen molar-refractivity contribution in [3.8, 4) is 5.75 Å². The topological polar surface area (TPSA) is 33.6 Å². The second-order valence-electron chi connectivity index (χ2n) is 5.06. The van der Waals surface area contributed by atoms with Crippen LogP contribution in [0.1, 0.15) is 17.5 Å². The molecule has 1 aliphatic heterocycles. The van der Waals surface area contributed by atoms with Gasteiger partial charge in [-0.25, -0.2) is 0 Å². The average Bonchev–Trinajstić information content (AvgIpc) is 2.55. The Bertz CT molecular complexity index is 701. The van der Waals surface area contributed by atoms with Crippen molar-refractivity contribution in [3.05, 3.63) is 63.6 Å². The minimum atomic E-state index is 0.402. The van der Waals surface area contributed by atoms with Gasteiger partial charge in [0.25, 0.3) is 0 Å². The fourth-order valence-corrected chi connectivity index (χ4v) is 2.72. The van der Waals surface area contributed by atoms with E-state index in [1.807, 2.05) is 36.4 Å². The van der Waals surface area contributed by atoms with E-state index in [1.54, 1.807) is 6.07 Å². The van der Waals surface area contributed by atoms with Gasteiger partial charge in [0.15, 0.2) is 0 Å². The Morgan fingerprint density at radius 2 is 2.05 bits per heavy atom. The summed E-state index contributed by atoms with van der Waals surface area (Å²) in [7, 11) is 0. The first kappa shape index (κ1) is 15.2. The van der Waals surface area contributed by atoms with E-state index in [0.29, 0.717) is 16.7 Å². The Morgan fingerprint density at radius 3 is 2.82 bits per heavy atom. The molecule has 0 saturated heterocycles. The molecule has 0 spiro atoms. The van der Waals surface area contributed by atoms with Crippen LogP contribution in [0.4, 0.5) is 0 Å². The van der Waals surface area contributed by atoms with Crippen LogP contribution in [-0.4, -0.2) is 18.9 Å². The Kier molecular flexibility index (Phi) is 4.86. The summed E-state index contributed by atoms with van der Waals surface area (Å²) in [6.07, 6.45) is 1.08. The van der Waals surface area contributed by atoms with Crippen LogP contribution < -0.4 is 10.1 Å². The number of nitrogens with one attached hydrogen (secondary N) is 1. The molecule has 2 aromatic rings. The molecule has 0 amide bonds. The number of halogens is 2. The van der Waals surface area contributed by atoms with Crippen molar-refractivity contribution in [2.75, 3.05) is 13.1 Å². The predicted molar refractivity (Wildman–Crippen MR) is 91.3 cm³/mol. The molecule has 0 bridgehead atoms. The summed E-state index contributed by atoms with van der Waals surface area (Å²) in [6.45, 7) is 2.23. The molecule has 0 fully saturated rings. The van der Waals surface area contributed by atoms with Crippen molar-refractivity contribution >= 4 is 29.0 Å². The van der Waals surface area contributed by atoms with E-state index in [9.17, 15) is 0 Å². The van der Waals surface area contributed by atoms with Gasteiger partial charge in [-0.15, -0.1) is 0 Å². The van der Waals surface area contributed by atoms with Gasteiger partial charge in [-0.3, -0.25) is 4.99 Å². The third-order valence-corrected chi connectivity index (χ3v) is 4.00. The third-order valence-electron chi connectivity index (χ3n) is 3.41. The largest absolute Gasteiger partial charge is 0.489 e. The van der Waals surface area contributed by atoms with Crippen LogP contribution in [0.5, 0.6) is 5.75 Å². The van der Waals surface area contributed by atoms with E-state index in [0.717, 1.165) is 42.2 Å². The van der Waals surface area contributed by atoms with Crippen molar-refractivity contribution in [1.82, 2.24) is 5.32 Å². The van der Waals surface area contributed by atoms with Crippen molar-refractivity contribution in [3.63, 3.8) is 0 Å². The molecule has 1 heterocycles. The zero-order chi connectivity index (χ0) is 15.4. The molecule has 0 atom stereocenters. The lowest BCUT2D eigenvalue weighted by Gasteiger charge is -2.15. The van der Waals surface area contributed by atoms with Gasteiger partial charge in [0.2, 0.25) is 0 Å². The van der Waals surface area contributed by atoms with Crippen molar-refractivity contribution in [2.45, 2.75) is 13.0 Å². The van der Waals surface area contributed by atoms with Crippen LogP contribution >= 0.6 is 23.2 Å². The first-order chi connectivity index (χ1) is 10.7. The Balaban J connectivity index is 1.71. The van der Waals surface area contributed by atoms with E-state index in [-0.39, 0.29) is 0 Å². The molecule has 0 aliphatic carbocycles. The summed E-state index contributed by atoms with van der Waals surface area (Å²) in [4.78, 5) is 4.50. The lowest BCUT2D eigenvalue weighted by molar-refractivity contribution is 0.306. The smallest absolute Gasteiger partial charge is 0.128 e. The number of hydrogen-bond acceptors (Lipinski definition) is 3. The summed E-state index contributed by atoms with van der Waals surface area (Å²) in [6, 6.07) is 13.3. The van der Waals surface area contributed by atoms with Crippen LogP contribution in [0.3, 0.4) is 0 Å². The quantitative estimate of drug-likeness (QED) is 0.903. The molecule has 0 radical (unpaired) electrons. The fraction of sp³-hybridized carbons (Fsp3) is 0.235. The lowest BCUT2D eigenvalue weighted by atomic mass is 10.1. The SMILES string of the molecule is Clc1ccc(COc2cccc(C3=NCCCN3)c2)c(Cl)c1. The highest BCUT2D eigenvalue weighted by atomic mass is 35.5. The molecule has 0 aromatic heterocycles. The maximum atomic E-state index is 6.16. The zero-order valence-corrected chi connectivity index (χ0v) is 13.5. The number of benzene rings is 2. The number of hydrogen-bond donors (Lipinski definition) is 1. The predicted octanol–water partition coefficient (Wildman–Crippen LogP) is 4.31. The molecule has 2 aromatic carbocycles. The van der Waals surface area contributed by atoms with Crippen LogP contribution in [-0.2, 0) is 6.61 Å². The maximum Gasteiger partial charge on any atom is 0.128 e. The Morgan fingerprint density at radius 1 is 1.14 bits per heavy atom. The van der Waals surface area contributed by atoms with Gasteiger partial charge in [0.05, 0.1) is 0 Å². The van der Waals surface area contributed by atoms with E-state index < -0.39 is 0 Å². The van der Waals surface area contributed by atoms with Crippen molar-refractivity contribution in [1.29, 1.82) is 0 Å². The summed E-state index contributed by atoms with van der Waals surface area (Å²) in [5, 5.41) is 4.55. The molecule has 3 nitrogen and oxygen atoms in total. The number of aliphatic imine (C=N–C) groups is 1. The maximum absolute atomic E-state index is 6.16. The Hall–Kier alpha value is -1.71. The lowest BCUT2D eigenvalue weighted by Crippen LogP contribution is -2.30. The van der Waals surface area contributed by atoms with E-state index in [1.165, 1.54) is 0 Å². The van der Waals surface area contributed by atoms with Gasteiger partial charge in [-0.05, 0) is 30.7 Å². The molecule has 1 N–H and O–H groups in total. The summed E-state index contributed by atoms with van der Waals surface area (Å²) >= 11 is 12.1. The second kappa shape index (κ2) is 7.03. The number of ether oxygens (including phenoxy) is 1. The van der Waals surface area contributed by atoms with Crippen molar-refractivity contribution < 1.29 is 4.74 Å². The van der Waals surface area contributed by atoms with E-state index >= 15 is 0 Å². The minimum absolute atomic E-state index is 0.402. The first-order valence-electron chi connectivity index (χ1n) is 7.18. The standard InChI is InChI=1S/C17H16Cl2N2O/c18-14-6-5-13(16(19)10-14)11-22-15-4-1-3-12(9-15)17-20-7-2-8-21-17/h1,3-6,9-10H,2,7-8,11H2,(H,20,21). The molecular formula is C17H16Cl2N2O. The van der Waals surface area contributed by atoms with Gasteiger partial charge in [0.1, 0.15) is 18.2 Å². The average molecular weight is 335 g/mol. The monoisotopic (exact) mass is 334 g/mol. The van der Waals surface area contributed by atoms with Gasteiger partial charge in [-0.1, -0.05) is 41.4 Å². The molecule has 22 heavy (non-hydrogen) atoms. The molecule has 1 aliphatic rings. The van der Waals surface area contributed by atoms with E-state index in [4.69, 9.17) is 27.9 Å². The molecule has 0 saturated carbocycles. The number of nitrogens with zero attached hydrogens (tertiary/aromatic N) is 1.